The molecule has 0 spiro atoms. The van der Waals surface area contributed by atoms with Crippen LogP contribution in [0.2, 0.25) is 0 Å². The second-order valence-corrected chi connectivity index (χ2v) is 7.03. The van der Waals surface area contributed by atoms with Crippen molar-refractivity contribution in [3.05, 3.63) is 0 Å². The van der Waals surface area contributed by atoms with Crippen molar-refractivity contribution in [2.75, 3.05) is 32.7 Å². The fourth-order valence-electron chi connectivity index (χ4n) is 4.53. The minimum absolute atomic E-state index is 0.830. The number of piperidine rings is 3. The zero-order valence-corrected chi connectivity index (χ0v) is 11.6. The molecule has 3 fully saturated rings. The van der Waals surface area contributed by atoms with Crippen molar-refractivity contribution in [3.8, 4) is 0 Å². The number of hydrogen-bond donors (Lipinski definition) is 0. The Balaban J connectivity index is 1.66. The van der Waals surface area contributed by atoms with Crippen LogP contribution >= 0.6 is 0 Å². The van der Waals surface area contributed by atoms with Gasteiger partial charge in [-0.05, 0) is 43.6 Å². The van der Waals surface area contributed by atoms with E-state index in [9.17, 15) is 0 Å². The molecule has 0 aromatic heterocycles. The lowest BCUT2D eigenvalue weighted by atomic mass is 9.76. The lowest BCUT2D eigenvalue weighted by Gasteiger charge is -2.52. The van der Waals surface area contributed by atoms with E-state index < -0.39 is 0 Å². The lowest BCUT2D eigenvalue weighted by Crippen LogP contribution is -2.59. The van der Waals surface area contributed by atoms with Gasteiger partial charge in [0.05, 0.1) is 0 Å². The Morgan fingerprint density at radius 1 is 1.12 bits per heavy atom. The van der Waals surface area contributed by atoms with Crippen molar-refractivity contribution >= 4 is 0 Å². The Bertz CT molecular complexity index is 264. The van der Waals surface area contributed by atoms with Gasteiger partial charge < -0.3 is 4.90 Å². The molecule has 3 aliphatic rings. The van der Waals surface area contributed by atoms with Crippen molar-refractivity contribution in [2.45, 2.75) is 45.6 Å². The number of likely N-dealkylation sites (tertiary alicyclic amines) is 1. The minimum atomic E-state index is 0.830. The molecule has 98 valence electrons. The third-order valence-corrected chi connectivity index (χ3v) is 4.97. The van der Waals surface area contributed by atoms with Crippen LogP contribution in [-0.2, 0) is 0 Å². The van der Waals surface area contributed by atoms with E-state index in [4.69, 9.17) is 0 Å². The van der Waals surface area contributed by atoms with Gasteiger partial charge in [-0.3, -0.25) is 4.90 Å². The van der Waals surface area contributed by atoms with E-state index >= 15 is 0 Å². The van der Waals surface area contributed by atoms with Gasteiger partial charge >= 0.3 is 0 Å². The topological polar surface area (TPSA) is 6.48 Å². The predicted octanol–water partition coefficient (Wildman–Crippen LogP) is 2.45. The highest BCUT2D eigenvalue weighted by Crippen LogP contribution is 2.37. The molecule has 3 heterocycles. The Labute approximate surface area is 106 Å². The van der Waals surface area contributed by atoms with Gasteiger partial charge in [-0.15, -0.1) is 0 Å². The summed E-state index contributed by atoms with van der Waals surface area (Å²) in [6.07, 6.45) is 5.93. The first kappa shape index (κ1) is 12.0. The number of fused-ring (bicyclic) bond motifs is 4. The Morgan fingerprint density at radius 3 is 2.82 bits per heavy atom. The largest absolute Gasteiger partial charge is 0.302 e. The van der Waals surface area contributed by atoms with E-state index in [1.54, 1.807) is 0 Å². The van der Waals surface area contributed by atoms with Crippen LogP contribution in [0.15, 0.2) is 0 Å². The van der Waals surface area contributed by atoms with E-state index in [2.05, 4.69) is 23.6 Å². The number of hydrogen-bond acceptors (Lipinski definition) is 2. The van der Waals surface area contributed by atoms with Crippen LogP contribution in [0.25, 0.3) is 0 Å². The molecule has 3 atom stereocenters. The molecule has 0 saturated carbocycles. The lowest BCUT2D eigenvalue weighted by molar-refractivity contribution is -0.0327. The third-order valence-electron chi connectivity index (χ3n) is 4.97. The standard InChI is InChI=1S/C15H28N2/c1-12(2)8-16-9-13-7-14(11-16)15-5-3-4-6-17(15)10-13/h12-15H,3-11H2,1-2H3. The van der Waals surface area contributed by atoms with Crippen LogP contribution in [0.5, 0.6) is 0 Å². The molecular formula is C15H28N2. The molecule has 0 radical (unpaired) electrons. The maximum atomic E-state index is 2.83. The fourth-order valence-corrected chi connectivity index (χ4v) is 4.53. The summed E-state index contributed by atoms with van der Waals surface area (Å²) in [5, 5.41) is 0. The number of rotatable bonds is 2. The highest BCUT2D eigenvalue weighted by Gasteiger charge is 2.41. The SMILES string of the molecule is CC(C)CN1CC2CC(C1)C1CCCCN1C2. The molecule has 2 nitrogen and oxygen atoms in total. The van der Waals surface area contributed by atoms with Crippen molar-refractivity contribution in [1.82, 2.24) is 9.80 Å². The van der Waals surface area contributed by atoms with Crippen LogP contribution in [0.4, 0.5) is 0 Å². The molecule has 3 saturated heterocycles. The quantitative estimate of drug-likeness (QED) is 0.726. The summed E-state index contributed by atoms with van der Waals surface area (Å²) in [6.45, 7) is 11.6. The average molecular weight is 236 g/mol. The molecule has 3 unspecified atom stereocenters. The van der Waals surface area contributed by atoms with Crippen LogP contribution < -0.4 is 0 Å². The van der Waals surface area contributed by atoms with Gasteiger partial charge in [0.1, 0.15) is 0 Å². The van der Waals surface area contributed by atoms with E-state index in [1.807, 2.05) is 0 Å². The molecule has 2 heteroatoms. The zero-order valence-electron chi connectivity index (χ0n) is 11.6. The Morgan fingerprint density at radius 2 is 2.00 bits per heavy atom. The fraction of sp³-hybridized carbons (Fsp3) is 1.00. The summed E-state index contributed by atoms with van der Waals surface area (Å²) < 4.78 is 0. The smallest absolute Gasteiger partial charge is 0.0136 e. The first-order valence-corrected chi connectivity index (χ1v) is 7.69. The summed E-state index contributed by atoms with van der Waals surface area (Å²) in [5.74, 6) is 2.79. The molecule has 0 aromatic rings. The number of nitrogens with zero attached hydrogens (tertiary/aromatic N) is 2. The zero-order chi connectivity index (χ0) is 11.8. The Hall–Kier alpha value is -0.0800. The third kappa shape index (κ3) is 2.53. The maximum absolute atomic E-state index is 2.83. The van der Waals surface area contributed by atoms with Crippen molar-refractivity contribution in [2.24, 2.45) is 17.8 Å². The molecule has 0 aliphatic carbocycles. The Kier molecular flexibility index (Phi) is 3.45. The van der Waals surface area contributed by atoms with Gasteiger partial charge in [0.25, 0.3) is 0 Å². The van der Waals surface area contributed by atoms with E-state index in [-0.39, 0.29) is 0 Å². The molecule has 0 N–H and O–H groups in total. The normalized spacial score (nSPS) is 39.4. The van der Waals surface area contributed by atoms with Crippen molar-refractivity contribution in [3.63, 3.8) is 0 Å². The van der Waals surface area contributed by atoms with Gasteiger partial charge in [0, 0.05) is 32.2 Å². The summed E-state index contributed by atoms with van der Waals surface area (Å²) in [5.41, 5.74) is 0. The second kappa shape index (κ2) is 4.89. The highest BCUT2D eigenvalue weighted by molar-refractivity contribution is 4.95. The average Bonchev–Trinajstić information content (AvgIpc) is 2.27. The summed E-state index contributed by atoms with van der Waals surface area (Å²) in [4.78, 5) is 5.59. The molecule has 0 aromatic carbocycles. The van der Waals surface area contributed by atoms with Crippen LogP contribution in [0.3, 0.4) is 0 Å². The first-order chi connectivity index (χ1) is 8.22. The van der Waals surface area contributed by atoms with Crippen LogP contribution in [-0.4, -0.2) is 48.6 Å². The van der Waals surface area contributed by atoms with E-state index in [1.165, 1.54) is 58.4 Å². The molecule has 17 heavy (non-hydrogen) atoms. The van der Waals surface area contributed by atoms with Crippen LogP contribution in [0.1, 0.15) is 39.5 Å². The molecular weight excluding hydrogens is 208 g/mol. The highest BCUT2D eigenvalue weighted by atomic mass is 15.2. The molecule has 0 amide bonds. The summed E-state index contributed by atoms with van der Waals surface area (Å²) >= 11 is 0. The van der Waals surface area contributed by atoms with Gasteiger partial charge in [0.2, 0.25) is 0 Å². The van der Waals surface area contributed by atoms with Crippen LogP contribution in [0, 0.1) is 17.8 Å². The second-order valence-electron chi connectivity index (χ2n) is 7.03. The van der Waals surface area contributed by atoms with Gasteiger partial charge in [0.15, 0.2) is 0 Å². The summed E-state index contributed by atoms with van der Waals surface area (Å²) in [7, 11) is 0. The van der Waals surface area contributed by atoms with Gasteiger partial charge in [-0.1, -0.05) is 20.3 Å². The maximum Gasteiger partial charge on any atom is 0.0136 e. The predicted molar refractivity (Wildman–Crippen MR) is 72.1 cm³/mol. The van der Waals surface area contributed by atoms with Gasteiger partial charge in [-0.25, -0.2) is 0 Å². The first-order valence-electron chi connectivity index (χ1n) is 7.69. The van der Waals surface area contributed by atoms with Crippen molar-refractivity contribution < 1.29 is 0 Å². The molecule has 3 aliphatic heterocycles. The summed E-state index contributed by atoms with van der Waals surface area (Å²) in [6, 6.07) is 0.940. The molecule has 2 bridgehead atoms. The van der Waals surface area contributed by atoms with Crippen molar-refractivity contribution in [1.29, 1.82) is 0 Å². The van der Waals surface area contributed by atoms with Gasteiger partial charge in [-0.2, -0.15) is 0 Å². The monoisotopic (exact) mass is 236 g/mol. The van der Waals surface area contributed by atoms with E-state index in [0.29, 0.717) is 0 Å². The van der Waals surface area contributed by atoms with E-state index in [0.717, 1.165) is 23.8 Å². The molecule has 3 rings (SSSR count). The minimum Gasteiger partial charge on any atom is -0.302 e.